The molecule has 0 radical (unpaired) electrons. The maximum Gasteiger partial charge on any atom is 0.248 e. The van der Waals surface area contributed by atoms with Crippen molar-refractivity contribution < 1.29 is 4.79 Å². The molecule has 1 aromatic carbocycles. The van der Waals surface area contributed by atoms with E-state index in [1.165, 1.54) is 0 Å². The maximum absolute atomic E-state index is 11.1. The number of carbonyl (C=O) groups is 1. The lowest BCUT2D eigenvalue weighted by Gasteiger charge is -2.11. The Balaban J connectivity index is 2.50. The van der Waals surface area contributed by atoms with E-state index in [2.05, 4.69) is 24.5 Å². The largest absolute Gasteiger partial charge is 0.384 e. The molecule has 17 heavy (non-hydrogen) atoms. The highest BCUT2D eigenvalue weighted by Gasteiger charge is 2.04. The summed E-state index contributed by atoms with van der Waals surface area (Å²) in [6.07, 6.45) is 0. The Morgan fingerprint density at radius 1 is 1.35 bits per heavy atom. The van der Waals surface area contributed by atoms with Gasteiger partial charge in [-0.2, -0.15) is 0 Å². The third kappa shape index (κ3) is 4.44. The molecule has 0 saturated heterocycles. The lowest BCUT2D eigenvalue weighted by molar-refractivity contribution is 0.1000. The van der Waals surface area contributed by atoms with Crippen LogP contribution in [0.1, 0.15) is 29.8 Å². The van der Waals surface area contributed by atoms with Gasteiger partial charge in [-0.3, -0.25) is 4.79 Å². The van der Waals surface area contributed by atoms with E-state index in [0.29, 0.717) is 11.6 Å². The number of aryl methyl sites for hydroxylation is 1. The van der Waals surface area contributed by atoms with E-state index in [9.17, 15) is 4.79 Å². The van der Waals surface area contributed by atoms with E-state index in [0.717, 1.165) is 24.3 Å². The molecule has 0 aliphatic carbocycles. The molecule has 1 aromatic rings. The number of primary amides is 1. The van der Waals surface area contributed by atoms with Crippen LogP contribution in [0.2, 0.25) is 0 Å². The van der Waals surface area contributed by atoms with E-state index in [1.54, 1.807) is 6.07 Å². The Hall–Kier alpha value is -1.55. The summed E-state index contributed by atoms with van der Waals surface area (Å²) in [6, 6.07) is 6.07. The van der Waals surface area contributed by atoms with E-state index in [-0.39, 0.29) is 5.91 Å². The van der Waals surface area contributed by atoms with Crippen molar-refractivity contribution in [3.8, 4) is 0 Å². The monoisotopic (exact) mass is 235 g/mol. The van der Waals surface area contributed by atoms with Crippen molar-refractivity contribution in [2.45, 2.75) is 26.8 Å². The fourth-order valence-electron chi connectivity index (χ4n) is 1.62. The van der Waals surface area contributed by atoms with Crippen molar-refractivity contribution >= 4 is 11.6 Å². The second-order valence-corrected chi connectivity index (χ2v) is 4.43. The van der Waals surface area contributed by atoms with Crippen molar-refractivity contribution in [2.24, 2.45) is 5.73 Å². The minimum Gasteiger partial charge on any atom is -0.384 e. The van der Waals surface area contributed by atoms with Crippen LogP contribution in [0.4, 0.5) is 5.69 Å². The summed E-state index contributed by atoms with van der Waals surface area (Å²) in [5, 5.41) is 6.62. The predicted octanol–water partition coefficient (Wildman–Crippen LogP) is 1.50. The number of hydrogen-bond donors (Lipinski definition) is 3. The molecule has 0 spiro atoms. The molecule has 94 valence electrons. The molecule has 0 aromatic heterocycles. The van der Waals surface area contributed by atoms with Crippen LogP contribution in [0.5, 0.6) is 0 Å². The Morgan fingerprint density at radius 3 is 2.59 bits per heavy atom. The van der Waals surface area contributed by atoms with Crippen molar-refractivity contribution in [3.05, 3.63) is 29.3 Å². The molecule has 4 N–H and O–H groups in total. The molecule has 0 aliphatic rings. The number of benzene rings is 1. The standard InChI is InChI=1S/C13H21N3O/c1-9(2)15-6-7-16-11-4-5-12(13(14)17)10(3)8-11/h4-5,8-9,15-16H,6-7H2,1-3H3,(H2,14,17). The van der Waals surface area contributed by atoms with E-state index in [4.69, 9.17) is 5.73 Å². The van der Waals surface area contributed by atoms with Crippen molar-refractivity contribution in [1.82, 2.24) is 5.32 Å². The minimum absolute atomic E-state index is 0.379. The predicted molar refractivity (Wildman–Crippen MR) is 71.3 cm³/mol. The summed E-state index contributed by atoms with van der Waals surface area (Å²) in [7, 11) is 0. The zero-order valence-electron chi connectivity index (χ0n) is 10.7. The maximum atomic E-state index is 11.1. The van der Waals surface area contributed by atoms with Crippen LogP contribution in [0.15, 0.2) is 18.2 Å². The van der Waals surface area contributed by atoms with Gasteiger partial charge in [0.2, 0.25) is 5.91 Å². The van der Waals surface area contributed by atoms with Gasteiger partial charge in [0.1, 0.15) is 0 Å². The quantitative estimate of drug-likeness (QED) is 0.655. The number of nitrogens with one attached hydrogen (secondary N) is 2. The first kappa shape index (κ1) is 13.5. The van der Waals surface area contributed by atoms with E-state index >= 15 is 0 Å². The highest BCUT2D eigenvalue weighted by molar-refractivity contribution is 5.94. The van der Waals surface area contributed by atoms with Gasteiger partial charge in [0.15, 0.2) is 0 Å². The number of rotatable bonds is 6. The van der Waals surface area contributed by atoms with E-state index < -0.39 is 0 Å². The van der Waals surface area contributed by atoms with Gasteiger partial charge in [0, 0.05) is 30.4 Å². The average Bonchev–Trinajstić information content (AvgIpc) is 2.23. The van der Waals surface area contributed by atoms with Crippen LogP contribution in [0.25, 0.3) is 0 Å². The van der Waals surface area contributed by atoms with Crippen LogP contribution < -0.4 is 16.4 Å². The lowest BCUT2D eigenvalue weighted by Crippen LogP contribution is -2.28. The molecule has 0 fully saturated rings. The lowest BCUT2D eigenvalue weighted by atomic mass is 10.1. The molecule has 0 saturated carbocycles. The first-order valence-corrected chi connectivity index (χ1v) is 5.88. The van der Waals surface area contributed by atoms with Crippen molar-refractivity contribution in [3.63, 3.8) is 0 Å². The summed E-state index contributed by atoms with van der Waals surface area (Å²) in [4.78, 5) is 11.1. The van der Waals surface area contributed by atoms with Gasteiger partial charge < -0.3 is 16.4 Å². The molecule has 1 rings (SSSR count). The van der Waals surface area contributed by atoms with Gasteiger partial charge in [-0.25, -0.2) is 0 Å². The molecular formula is C13H21N3O. The zero-order chi connectivity index (χ0) is 12.8. The molecule has 0 bridgehead atoms. The topological polar surface area (TPSA) is 67.2 Å². The Bertz CT molecular complexity index is 388. The van der Waals surface area contributed by atoms with Crippen LogP contribution in [0, 0.1) is 6.92 Å². The van der Waals surface area contributed by atoms with Gasteiger partial charge in [-0.15, -0.1) is 0 Å². The van der Waals surface area contributed by atoms with E-state index in [1.807, 2.05) is 19.1 Å². The van der Waals surface area contributed by atoms with Gasteiger partial charge in [0.05, 0.1) is 0 Å². The summed E-state index contributed by atoms with van der Waals surface area (Å²) < 4.78 is 0. The summed E-state index contributed by atoms with van der Waals surface area (Å²) in [5.74, 6) is -0.379. The number of hydrogen-bond acceptors (Lipinski definition) is 3. The molecular weight excluding hydrogens is 214 g/mol. The number of carbonyl (C=O) groups excluding carboxylic acids is 1. The molecule has 1 amide bonds. The second kappa shape index (κ2) is 6.25. The summed E-state index contributed by atoms with van der Waals surface area (Å²) in [6.45, 7) is 7.89. The fourth-order valence-corrected chi connectivity index (χ4v) is 1.62. The van der Waals surface area contributed by atoms with Crippen molar-refractivity contribution in [1.29, 1.82) is 0 Å². The number of nitrogens with two attached hydrogens (primary N) is 1. The third-order valence-corrected chi connectivity index (χ3v) is 2.50. The summed E-state index contributed by atoms with van der Waals surface area (Å²) >= 11 is 0. The first-order chi connectivity index (χ1) is 8.00. The molecule has 0 aliphatic heterocycles. The zero-order valence-corrected chi connectivity index (χ0v) is 10.7. The van der Waals surface area contributed by atoms with Crippen LogP contribution in [-0.4, -0.2) is 25.0 Å². The number of anilines is 1. The van der Waals surface area contributed by atoms with Crippen LogP contribution in [-0.2, 0) is 0 Å². The smallest absolute Gasteiger partial charge is 0.248 e. The second-order valence-electron chi connectivity index (χ2n) is 4.43. The highest BCUT2D eigenvalue weighted by atomic mass is 16.1. The first-order valence-electron chi connectivity index (χ1n) is 5.88. The third-order valence-electron chi connectivity index (χ3n) is 2.50. The summed E-state index contributed by atoms with van der Waals surface area (Å²) in [5.41, 5.74) is 7.74. The molecule has 0 heterocycles. The average molecular weight is 235 g/mol. The van der Waals surface area contributed by atoms with Crippen LogP contribution in [0.3, 0.4) is 0 Å². The fraction of sp³-hybridized carbons (Fsp3) is 0.462. The Labute approximate surface area is 103 Å². The van der Waals surface area contributed by atoms with Gasteiger partial charge in [-0.1, -0.05) is 13.8 Å². The van der Waals surface area contributed by atoms with Crippen LogP contribution >= 0.6 is 0 Å². The Kier molecular flexibility index (Phi) is 4.97. The highest BCUT2D eigenvalue weighted by Crippen LogP contribution is 2.14. The SMILES string of the molecule is Cc1cc(NCCNC(C)C)ccc1C(N)=O. The van der Waals surface area contributed by atoms with Gasteiger partial charge in [-0.05, 0) is 30.7 Å². The minimum atomic E-state index is -0.379. The molecule has 0 unspecified atom stereocenters. The molecule has 4 nitrogen and oxygen atoms in total. The normalized spacial score (nSPS) is 10.6. The van der Waals surface area contributed by atoms with Crippen molar-refractivity contribution in [2.75, 3.05) is 18.4 Å². The van der Waals surface area contributed by atoms with Gasteiger partial charge in [0.25, 0.3) is 0 Å². The molecule has 0 atom stereocenters. The molecule has 4 heteroatoms. The van der Waals surface area contributed by atoms with Gasteiger partial charge >= 0.3 is 0 Å². The Morgan fingerprint density at radius 2 is 2.06 bits per heavy atom. The number of amides is 1.